The van der Waals surface area contributed by atoms with Gasteiger partial charge >= 0.3 is 5.97 Å². The molecule has 3 aromatic rings. The van der Waals surface area contributed by atoms with Gasteiger partial charge in [-0.15, -0.1) is 0 Å². The Morgan fingerprint density at radius 2 is 1.60 bits per heavy atom. The summed E-state index contributed by atoms with van der Waals surface area (Å²) in [6.45, 7) is 5.91. The highest BCUT2D eigenvalue weighted by atomic mass is 16.5. The molecule has 0 heterocycles. The fraction of sp³-hybridized carbons (Fsp3) is 0.200. The first-order valence-electron chi connectivity index (χ1n) is 9.78. The smallest absolute Gasteiger partial charge is 0.338 e. The molecule has 1 atom stereocenters. The van der Waals surface area contributed by atoms with Gasteiger partial charge in [-0.1, -0.05) is 36.4 Å². The van der Waals surface area contributed by atoms with Crippen LogP contribution in [0, 0.1) is 13.8 Å². The number of esters is 1. The molecule has 3 rings (SSSR count). The fourth-order valence-electron chi connectivity index (χ4n) is 2.77. The van der Waals surface area contributed by atoms with Crippen molar-refractivity contribution in [3.8, 4) is 5.75 Å². The van der Waals surface area contributed by atoms with Crippen LogP contribution in [0.3, 0.4) is 0 Å². The van der Waals surface area contributed by atoms with Crippen LogP contribution in [0.5, 0.6) is 5.75 Å². The second kappa shape index (κ2) is 9.74. The molecule has 5 heteroatoms. The Kier molecular flexibility index (Phi) is 6.86. The molecule has 0 saturated heterocycles. The first-order chi connectivity index (χ1) is 14.4. The van der Waals surface area contributed by atoms with Crippen LogP contribution in [-0.4, -0.2) is 18.0 Å². The lowest BCUT2D eigenvalue weighted by atomic mass is 10.1. The van der Waals surface area contributed by atoms with Crippen LogP contribution in [0.15, 0.2) is 72.8 Å². The standard InChI is InChI=1S/C25H25NO4/c1-17-9-10-21(15-18(17)2)25(28)30-19(3)24(27)26-22-11-13-23(14-12-22)29-16-20-7-5-4-6-8-20/h4-15,19H,16H2,1-3H3,(H,26,27)/t19-/m0/s1. The van der Waals surface area contributed by atoms with Crippen LogP contribution in [-0.2, 0) is 16.1 Å². The molecule has 0 unspecified atom stereocenters. The van der Waals surface area contributed by atoms with Gasteiger partial charge in [0.25, 0.3) is 5.91 Å². The number of carbonyl (C=O) groups is 2. The zero-order chi connectivity index (χ0) is 21.5. The summed E-state index contributed by atoms with van der Waals surface area (Å²) in [6.07, 6.45) is -0.923. The number of hydrogen-bond acceptors (Lipinski definition) is 4. The van der Waals surface area contributed by atoms with Crippen molar-refractivity contribution in [2.75, 3.05) is 5.32 Å². The van der Waals surface area contributed by atoms with Crippen molar-refractivity contribution in [2.24, 2.45) is 0 Å². The molecular weight excluding hydrogens is 378 g/mol. The van der Waals surface area contributed by atoms with Gasteiger partial charge in [0.05, 0.1) is 5.56 Å². The van der Waals surface area contributed by atoms with Gasteiger partial charge in [-0.2, -0.15) is 0 Å². The summed E-state index contributed by atoms with van der Waals surface area (Å²) in [4.78, 5) is 24.7. The minimum atomic E-state index is -0.923. The van der Waals surface area contributed by atoms with Crippen LogP contribution in [0.2, 0.25) is 0 Å². The third-order valence-corrected chi connectivity index (χ3v) is 4.77. The van der Waals surface area contributed by atoms with Crippen LogP contribution in [0.4, 0.5) is 5.69 Å². The van der Waals surface area contributed by atoms with Gasteiger partial charge in [-0.05, 0) is 73.9 Å². The van der Waals surface area contributed by atoms with E-state index in [0.717, 1.165) is 16.7 Å². The third-order valence-electron chi connectivity index (χ3n) is 4.77. The monoisotopic (exact) mass is 403 g/mol. The molecule has 0 saturated carbocycles. The minimum Gasteiger partial charge on any atom is -0.489 e. The molecule has 1 N–H and O–H groups in total. The number of aryl methyl sites for hydroxylation is 2. The van der Waals surface area contributed by atoms with E-state index in [1.165, 1.54) is 0 Å². The van der Waals surface area contributed by atoms with E-state index in [2.05, 4.69) is 5.32 Å². The number of nitrogens with one attached hydrogen (secondary N) is 1. The average Bonchev–Trinajstić information content (AvgIpc) is 2.75. The van der Waals surface area contributed by atoms with E-state index in [1.54, 1.807) is 43.3 Å². The maximum Gasteiger partial charge on any atom is 0.338 e. The summed E-state index contributed by atoms with van der Waals surface area (Å²) < 4.78 is 11.0. The number of anilines is 1. The van der Waals surface area contributed by atoms with E-state index in [4.69, 9.17) is 9.47 Å². The zero-order valence-corrected chi connectivity index (χ0v) is 17.3. The Labute approximate surface area is 176 Å². The summed E-state index contributed by atoms with van der Waals surface area (Å²) in [5, 5.41) is 2.75. The predicted octanol–water partition coefficient (Wildman–Crippen LogP) is 5.07. The van der Waals surface area contributed by atoms with Crippen molar-refractivity contribution >= 4 is 17.6 Å². The van der Waals surface area contributed by atoms with Crippen molar-refractivity contribution in [1.29, 1.82) is 0 Å². The molecule has 30 heavy (non-hydrogen) atoms. The van der Waals surface area contributed by atoms with Gasteiger partial charge < -0.3 is 14.8 Å². The van der Waals surface area contributed by atoms with Gasteiger partial charge in [0.1, 0.15) is 12.4 Å². The molecule has 0 aliphatic carbocycles. The number of benzene rings is 3. The maximum absolute atomic E-state index is 12.4. The van der Waals surface area contributed by atoms with Gasteiger partial charge in [0.15, 0.2) is 6.10 Å². The zero-order valence-electron chi connectivity index (χ0n) is 17.3. The second-order valence-corrected chi connectivity index (χ2v) is 7.13. The van der Waals surface area contributed by atoms with Crippen LogP contribution < -0.4 is 10.1 Å². The fourth-order valence-corrected chi connectivity index (χ4v) is 2.77. The SMILES string of the molecule is Cc1ccc(C(=O)O[C@@H](C)C(=O)Nc2ccc(OCc3ccccc3)cc2)cc1C. The van der Waals surface area contributed by atoms with Crippen LogP contribution in [0.25, 0.3) is 0 Å². The molecule has 0 aliphatic rings. The summed E-state index contributed by atoms with van der Waals surface area (Å²) in [5.41, 5.74) is 4.19. The molecule has 0 aliphatic heterocycles. The normalized spacial score (nSPS) is 11.4. The van der Waals surface area contributed by atoms with Gasteiger partial charge in [-0.3, -0.25) is 4.79 Å². The van der Waals surface area contributed by atoms with Crippen molar-refractivity contribution in [3.63, 3.8) is 0 Å². The molecule has 0 radical (unpaired) electrons. The topological polar surface area (TPSA) is 64.6 Å². The molecule has 1 amide bonds. The first-order valence-corrected chi connectivity index (χ1v) is 9.78. The van der Waals surface area contributed by atoms with Gasteiger partial charge in [0, 0.05) is 5.69 Å². The lowest BCUT2D eigenvalue weighted by Crippen LogP contribution is -2.30. The van der Waals surface area contributed by atoms with Crippen molar-refractivity contribution in [2.45, 2.75) is 33.5 Å². The molecule has 5 nitrogen and oxygen atoms in total. The van der Waals surface area contributed by atoms with E-state index in [0.29, 0.717) is 23.6 Å². The average molecular weight is 403 g/mol. The Balaban J connectivity index is 1.51. The predicted molar refractivity (Wildman–Crippen MR) is 117 cm³/mol. The molecule has 0 fully saturated rings. The second-order valence-electron chi connectivity index (χ2n) is 7.13. The number of rotatable bonds is 7. The van der Waals surface area contributed by atoms with Gasteiger partial charge in [0.2, 0.25) is 0 Å². The van der Waals surface area contributed by atoms with E-state index in [1.807, 2.05) is 50.2 Å². The maximum atomic E-state index is 12.4. The van der Waals surface area contributed by atoms with Gasteiger partial charge in [-0.25, -0.2) is 4.79 Å². The Bertz CT molecular complexity index is 1010. The third kappa shape index (κ3) is 5.70. The Morgan fingerprint density at radius 3 is 2.27 bits per heavy atom. The summed E-state index contributed by atoms with van der Waals surface area (Å²) in [7, 11) is 0. The first kappa shape index (κ1) is 21.1. The van der Waals surface area contributed by atoms with Crippen LogP contribution in [0.1, 0.15) is 34.0 Å². The van der Waals surface area contributed by atoms with E-state index < -0.39 is 18.0 Å². The lowest BCUT2D eigenvalue weighted by molar-refractivity contribution is -0.123. The molecule has 0 bridgehead atoms. The van der Waals surface area contributed by atoms with E-state index >= 15 is 0 Å². The number of hydrogen-bond donors (Lipinski definition) is 1. The highest BCUT2D eigenvalue weighted by Gasteiger charge is 2.19. The van der Waals surface area contributed by atoms with E-state index in [-0.39, 0.29) is 0 Å². The van der Waals surface area contributed by atoms with E-state index in [9.17, 15) is 9.59 Å². The molecular formula is C25H25NO4. The highest BCUT2D eigenvalue weighted by molar-refractivity contribution is 5.97. The minimum absolute atomic E-state index is 0.398. The Hall–Kier alpha value is -3.60. The molecule has 0 spiro atoms. The number of carbonyl (C=O) groups excluding carboxylic acids is 2. The highest BCUT2D eigenvalue weighted by Crippen LogP contribution is 2.18. The molecule has 3 aromatic carbocycles. The quantitative estimate of drug-likeness (QED) is 0.560. The number of amides is 1. The Morgan fingerprint density at radius 1 is 0.900 bits per heavy atom. The summed E-state index contributed by atoms with van der Waals surface area (Å²) >= 11 is 0. The van der Waals surface area contributed by atoms with Crippen molar-refractivity contribution < 1.29 is 19.1 Å². The lowest BCUT2D eigenvalue weighted by Gasteiger charge is -2.14. The largest absolute Gasteiger partial charge is 0.489 e. The van der Waals surface area contributed by atoms with Crippen molar-refractivity contribution in [3.05, 3.63) is 95.1 Å². The summed E-state index contributed by atoms with van der Waals surface area (Å²) in [6, 6.07) is 22.3. The van der Waals surface area contributed by atoms with Crippen LogP contribution >= 0.6 is 0 Å². The summed E-state index contributed by atoms with van der Waals surface area (Å²) in [5.74, 6) is -0.221. The molecule has 154 valence electrons. The van der Waals surface area contributed by atoms with Crippen molar-refractivity contribution in [1.82, 2.24) is 0 Å². The number of ether oxygens (including phenoxy) is 2. The molecule has 0 aromatic heterocycles.